The maximum atomic E-state index is 5.42. The Labute approximate surface area is 161 Å². The quantitative estimate of drug-likeness (QED) is 0.529. The second kappa shape index (κ2) is 7.06. The van der Waals surface area contributed by atoms with Crippen LogP contribution in [0.4, 0.5) is 0 Å². The van der Waals surface area contributed by atoms with Crippen LogP contribution < -0.4 is 0 Å². The highest BCUT2D eigenvalue weighted by Gasteiger charge is 2.20. The maximum Gasteiger partial charge on any atom is 0.195 e. The smallest absolute Gasteiger partial charge is 0.195 e. The molecule has 5 heterocycles. The minimum Gasteiger partial charge on any atom is -0.461 e. The van der Waals surface area contributed by atoms with Gasteiger partial charge in [0.15, 0.2) is 11.6 Å². The Morgan fingerprint density at radius 2 is 2.15 bits per heavy atom. The summed E-state index contributed by atoms with van der Waals surface area (Å²) in [6.07, 6.45) is 6.37. The second-order valence-corrected chi connectivity index (χ2v) is 7.41. The predicted molar refractivity (Wildman–Crippen MR) is 105 cm³/mol. The van der Waals surface area contributed by atoms with Crippen molar-refractivity contribution >= 4 is 11.3 Å². The van der Waals surface area contributed by atoms with Gasteiger partial charge in [0, 0.05) is 55.0 Å². The van der Waals surface area contributed by atoms with E-state index in [-0.39, 0.29) is 0 Å². The molecule has 0 N–H and O–H groups in total. The van der Waals surface area contributed by atoms with Gasteiger partial charge in [-0.15, -0.1) is 0 Å². The molecule has 134 valence electrons. The number of aromatic nitrogens is 3. The molecule has 5 rings (SSSR count). The van der Waals surface area contributed by atoms with E-state index in [4.69, 9.17) is 9.40 Å². The largest absolute Gasteiger partial charge is 0.461 e. The van der Waals surface area contributed by atoms with Crippen molar-refractivity contribution in [3.8, 4) is 22.8 Å². The van der Waals surface area contributed by atoms with Gasteiger partial charge < -0.3 is 4.42 Å². The molecule has 0 atom stereocenters. The summed E-state index contributed by atoms with van der Waals surface area (Å²) in [6, 6.07) is 10.1. The molecule has 1 aliphatic rings. The van der Waals surface area contributed by atoms with Gasteiger partial charge >= 0.3 is 0 Å². The average molecular weight is 374 g/mol. The van der Waals surface area contributed by atoms with Crippen molar-refractivity contribution in [1.82, 2.24) is 19.9 Å². The van der Waals surface area contributed by atoms with Crippen LogP contribution in [-0.4, -0.2) is 26.4 Å². The lowest BCUT2D eigenvalue weighted by Crippen LogP contribution is -2.31. The fraction of sp³-hybridized carbons (Fsp3) is 0.190. The number of hydrogen-bond donors (Lipinski definition) is 0. The van der Waals surface area contributed by atoms with Gasteiger partial charge in [-0.1, -0.05) is 6.07 Å². The molecule has 27 heavy (non-hydrogen) atoms. The first-order valence-electron chi connectivity index (χ1n) is 8.94. The van der Waals surface area contributed by atoms with Gasteiger partial charge in [-0.2, -0.15) is 11.3 Å². The summed E-state index contributed by atoms with van der Waals surface area (Å²) < 4.78 is 5.42. The van der Waals surface area contributed by atoms with Crippen molar-refractivity contribution in [3.63, 3.8) is 0 Å². The number of pyridine rings is 1. The summed E-state index contributed by atoms with van der Waals surface area (Å²) in [6.45, 7) is 2.70. The van der Waals surface area contributed by atoms with Gasteiger partial charge in [0.05, 0.1) is 17.7 Å². The van der Waals surface area contributed by atoms with Crippen LogP contribution in [0.1, 0.15) is 16.8 Å². The standard InChI is InChI=1S/C21H18N4OS/c1-3-15(20(22-7-1)16-6-10-27-14-16)12-25-8-5-18-17(13-25)11-23-21(24-18)19-4-2-9-26-19/h1-4,6-7,9-11,14H,5,8,12-13H2. The van der Waals surface area contributed by atoms with Crippen molar-refractivity contribution in [2.45, 2.75) is 19.5 Å². The normalized spacial score (nSPS) is 14.2. The van der Waals surface area contributed by atoms with E-state index < -0.39 is 0 Å². The Kier molecular flexibility index (Phi) is 4.27. The summed E-state index contributed by atoms with van der Waals surface area (Å²) in [7, 11) is 0. The highest BCUT2D eigenvalue weighted by molar-refractivity contribution is 7.08. The number of nitrogens with zero attached hydrogens (tertiary/aromatic N) is 4. The lowest BCUT2D eigenvalue weighted by atomic mass is 10.0. The average Bonchev–Trinajstić information content (AvgIpc) is 3.42. The van der Waals surface area contributed by atoms with Crippen LogP contribution in [-0.2, 0) is 19.5 Å². The molecule has 0 unspecified atom stereocenters. The highest BCUT2D eigenvalue weighted by atomic mass is 32.1. The van der Waals surface area contributed by atoms with Gasteiger partial charge in [-0.25, -0.2) is 9.97 Å². The van der Waals surface area contributed by atoms with Crippen molar-refractivity contribution in [2.75, 3.05) is 6.54 Å². The summed E-state index contributed by atoms with van der Waals surface area (Å²) >= 11 is 1.70. The monoisotopic (exact) mass is 374 g/mol. The minimum atomic E-state index is 0.666. The van der Waals surface area contributed by atoms with E-state index in [1.165, 1.54) is 16.7 Å². The van der Waals surface area contributed by atoms with Crippen LogP contribution in [0, 0.1) is 0 Å². The molecule has 0 saturated heterocycles. The molecule has 0 bridgehead atoms. The zero-order valence-corrected chi connectivity index (χ0v) is 15.5. The van der Waals surface area contributed by atoms with E-state index in [0.717, 1.165) is 43.2 Å². The number of rotatable bonds is 4. The van der Waals surface area contributed by atoms with E-state index in [2.05, 4.69) is 37.8 Å². The van der Waals surface area contributed by atoms with Gasteiger partial charge in [-0.3, -0.25) is 9.88 Å². The van der Waals surface area contributed by atoms with E-state index in [1.54, 1.807) is 17.6 Å². The summed E-state index contributed by atoms with van der Waals surface area (Å²) in [5.74, 6) is 1.38. The Bertz CT molecular complexity index is 1040. The van der Waals surface area contributed by atoms with Crippen LogP contribution in [0.3, 0.4) is 0 Å². The lowest BCUT2D eigenvalue weighted by molar-refractivity contribution is 0.243. The molecule has 4 aromatic rings. The van der Waals surface area contributed by atoms with Crippen LogP contribution in [0.15, 0.2) is 64.2 Å². The fourth-order valence-corrected chi connectivity index (χ4v) is 4.14. The molecular weight excluding hydrogens is 356 g/mol. The number of thiophene rings is 1. The number of hydrogen-bond acceptors (Lipinski definition) is 6. The summed E-state index contributed by atoms with van der Waals surface area (Å²) in [5.41, 5.74) is 5.84. The van der Waals surface area contributed by atoms with Gasteiger partial charge in [0.1, 0.15) is 0 Å². The predicted octanol–water partition coefficient (Wildman–Crippen LogP) is 4.42. The van der Waals surface area contributed by atoms with Crippen molar-refractivity contribution in [1.29, 1.82) is 0 Å². The van der Waals surface area contributed by atoms with Gasteiger partial charge in [-0.05, 0) is 35.2 Å². The van der Waals surface area contributed by atoms with Crippen LogP contribution in [0.2, 0.25) is 0 Å². The van der Waals surface area contributed by atoms with Crippen molar-refractivity contribution in [3.05, 3.63) is 76.6 Å². The molecule has 4 aromatic heterocycles. The van der Waals surface area contributed by atoms with E-state index >= 15 is 0 Å². The zero-order chi connectivity index (χ0) is 18.1. The van der Waals surface area contributed by atoms with Crippen molar-refractivity contribution in [2.24, 2.45) is 0 Å². The molecule has 1 aliphatic heterocycles. The molecule has 0 fully saturated rings. The molecule has 0 radical (unpaired) electrons. The minimum absolute atomic E-state index is 0.666. The SMILES string of the molecule is c1coc(-c2ncc3c(n2)CCN(Cc2cccnc2-c2ccsc2)C3)c1. The Hall–Kier alpha value is -2.83. The maximum absolute atomic E-state index is 5.42. The Morgan fingerprint density at radius 1 is 1.15 bits per heavy atom. The van der Waals surface area contributed by atoms with Gasteiger partial charge in [0.2, 0.25) is 0 Å². The van der Waals surface area contributed by atoms with Crippen LogP contribution in [0.25, 0.3) is 22.8 Å². The van der Waals surface area contributed by atoms with Crippen LogP contribution >= 0.6 is 11.3 Å². The van der Waals surface area contributed by atoms with Crippen LogP contribution in [0.5, 0.6) is 0 Å². The zero-order valence-electron chi connectivity index (χ0n) is 14.7. The summed E-state index contributed by atoms with van der Waals surface area (Å²) in [5, 5.41) is 4.25. The first kappa shape index (κ1) is 16.4. The molecule has 0 saturated carbocycles. The highest BCUT2D eigenvalue weighted by Crippen LogP contribution is 2.27. The third-order valence-electron chi connectivity index (χ3n) is 4.83. The first-order chi connectivity index (χ1) is 13.4. The molecule has 0 aliphatic carbocycles. The molecule has 6 heteroatoms. The Morgan fingerprint density at radius 3 is 3.00 bits per heavy atom. The topological polar surface area (TPSA) is 55.1 Å². The van der Waals surface area contributed by atoms with Crippen molar-refractivity contribution < 1.29 is 4.42 Å². The molecule has 0 aromatic carbocycles. The third-order valence-corrected chi connectivity index (χ3v) is 5.52. The van der Waals surface area contributed by atoms with Gasteiger partial charge in [0.25, 0.3) is 0 Å². The number of furan rings is 1. The van der Waals surface area contributed by atoms with E-state index in [1.807, 2.05) is 30.6 Å². The third kappa shape index (κ3) is 3.29. The van der Waals surface area contributed by atoms with E-state index in [0.29, 0.717) is 5.82 Å². The molecule has 0 amide bonds. The fourth-order valence-electron chi connectivity index (χ4n) is 3.50. The molecule has 5 nitrogen and oxygen atoms in total. The second-order valence-electron chi connectivity index (χ2n) is 6.63. The number of fused-ring (bicyclic) bond motifs is 1. The first-order valence-corrected chi connectivity index (χ1v) is 9.88. The lowest BCUT2D eigenvalue weighted by Gasteiger charge is -2.28. The summed E-state index contributed by atoms with van der Waals surface area (Å²) in [4.78, 5) is 16.3. The van der Waals surface area contributed by atoms with E-state index in [9.17, 15) is 0 Å². The molecular formula is C21H18N4OS. The Balaban J connectivity index is 1.37. The molecule has 0 spiro atoms.